The molecule has 0 spiro atoms. The molecular weight excluding hydrogens is 699 g/mol. The molecule has 2 aliphatic rings. The molecular formula is C57H43N. The largest absolute Gasteiger partial charge is 0.309 e. The second kappa shape index (κ2) is 12.8. The molecule has 2 aliphatic carbocycles. The summed E-state index contributed by atoms with van der Waals surface area (Å²) in [7, 11) is 0. The van der Waals surface area contributed by atoms with Crippen molar-refractivity contribution in [2.45, 2.75) is 31.6 Å². The smallest absolute Gasteiger partial charge is 0.0714 e. The Morgan fingerprint density at radius 1 is 0.517 bits per heavy atom. The first kappa shape index (κ1) is 34.3. The zero-order chi connectivity index (χ0) is 39.2. The minimum absolute atomic E-state index is 0.113. The Bertz CT molecular complexity index is 3160. The van der Waals surface area contributed by atoms with Crippen LogP contribution in [0.2, 0.25) is 0 Å². The monoisotopic (exact) mass is 741 g/mol. The maximum Gasteiger partial charge on any atom is 0.0714 e. The summed E-state index contributed by atoms with van der Waals surface area (Å²) in [6, 6.07) is 67.7. The number of allylic oxidation sites excluding steroid dienone is 5. The molecule has 9 aromatic rings. The van der Waals surface area contributed by atoms with Gasteiger partial charge in [-0.3, -0.25) is 0 Å². The molecule has 58 heavy (non-hydrogen) atoms. The molecule has 0 N–H and O–H groups in total. The zero-order valence-electron chi connectivity index (χ0n) is 33.1. The molecule has 11 rings (SSSR count). The SMILES string of the molecule is C=C/C=C1\C(=C(/C)c2cccc3ccccc23)c2ccc(-n3c4ccccc4c4cc5c(cc43)C(C)(C)c3ccccc3-5)cc2C1(c1ccccc1)c1ccccc1. The first-order valence-electron chi connectivity index (χ1n) is 20.4. The van der Waals surface area contributed by atoms with Gasteiger partial charge in [-0.25, -0.2) is 0 Å². The molecule has 1 heterocycles. The van der Waals surface area contributed by atoms with E-state index in [1.165, 1.54) is 99.4 Å². The molecule has 0 amide bonds. The van der Waals surface area contributed by atoms with Crippen molar-refractivity contribution in [2.75, 3.05) is 0 Å². The molecule has 1 nitrogen and oxygen atoms in total. The standard InChI is InChI=1S/C57H43N/c1-5-19-50-55(37(2)42-29-18-21-38-20-12-13-26-43(38)42)46-33-32-41(34-52(46)57(50,39-22-8-6-9-23-39)40-24-10-7-11-25-40)58-53-31-17-15-28-45(53)48-35-47-44-27-14-16-30-49(44)56(3,4)51(47)36-54(48)58/h5-36H,1H2,2-4H3/b50-19+,55-37+. The zero-order valence-corrected chi connectivity index (χ0v) is 33.1. The fourth-order valence-electron chi connectivity index (χ4n) is 10.7. The van der Waals surface area contributed by atoms with Crippen LogP contribution in [-0.2, 0) is 10.8 Å². The van der Waals surface area contributed by atoms with E-state index in [0.29, 0.717) is 0 Å². The van der Waals surface area contributed by atoms with Crippen LogP contribution < -0.4 is 0 Å². The Balaban J connectivity index is 1.26. The third-order valence-corrected chi connectivity index (χ3v) is 13.3. The minimum atomic E-state index is -0.618. The highest BCUT2D eigenvalue weighted by Crippen LogP contribution is 2.60. The lowest BCUT2D eigenvalue weighted by atomic mass is 9.67. The molecule has 0 unspecified atom stereocenters. The summed E-state index contributed by atoms with van der Waals surface area (Å²) in [5.74, 6) is 0. The Morgan fingerprint density at radius 2 is 1.17 bits per heavy atom. The van der Waals surface area contributed by atoms with Gasteiger partial charge in [0, 0.05) is 21.9 Å². The molecule has 0 saturated heterocycles. The number of para-hydroxylation sites is 1. The molecule has 0 fully saturated rings. The normalized spacial score (nSPS) is 16.4. The summed E-state index contributed by atoms with van der Waals surface area (Å²) in [5, 5.41) is 5.04. The van der Waals surface area contributed by atoms with Crippen LogP contribution in [0.1, 0.15) is 59.7 Å². The number of hydrogen-bond acceptors (Lipinski definition) is 0. The van der Waals surface area contributed by atoms with Gasteiger partial charge in [-0.2, -0.15) is 0 Å². The predicted octanol–water partition coefficient (Wildman–Crippen LogP) is 14.6. The number of aromatic nitrogens is 1. The first-order valence-corrected chi connectivity index (χ1v) is 20.4. The Hall–Kier alpha value is -6.96. The van der Waals surface area contributed by atoms with Crippen LogP contribution in [0.15, 0.2) is 206 Å². The lowest BCUT2D eigenvalue weighted by Crippen LogP contribution is -2.29. The van der Waals surface area contributed by atoms with E-state index in [9.17, 15) is 0 Å². The van der Waals surface area contributed by atoms with Gasteiger partial charge in [-0.15, -0.1) is 0 Å². The Morgan fingerprint density at radius 3 is 1.93 bits per heavy atom. The summed E-state index contributed by atoms with van der Waals surface area (Å²) in [6.07, 6.45) is 4.25. The topological polar surface area (TPSA) is 4.93 Å². The average Bonchev–Trinajstić information content (AvgIpc) is 3.83. The van der Waals surface area contributed by atoms with Gasteiger partial charge in [-0.1, -0.05) is 184 Å². The maximum absolute atomic E-state index is 4.33. The maximum atomic E-state index is 4.33. The van der Waals surface area contributed by atoms with Gasteiger partial charge in [0.25, 0.3) is 0 Å². The number of hydrogen-bond donors (Lipinski definition) is 0. The lowest BCUT2D eigenvalue weighted by Gasteiger charge is -2.34. The summed E-state index contributed by atoms with van der Waals surface area (Å²) in [6.45, 7) is 11.4. The Kier molecular flexibility index (Phi) is 7.56. The van der Waals surface area contributed by atoms with E-state index in [0.717, 1.165) is 5.69 Å². The fourth-order valence-corrected chi connectivity index (χ4v) is 10.7. The number of rotatable bonds is 5. The third-order valence-electron chi connectivity index (χ3n) is 13.3. The third kappa shape index (κ3) is 4.65. The van der Waals surface area contributed by atoms with E-state index in [2.05, 4.69) is 220 Å². The number of nitrogens with zero attached hydrogens (tertiary/aromatic N) is 1. The van der Waals surface area contributed by atoms with Gasteiger partial charge in [-0.05, 0) is 115 Å². The van der Waals surface area contributed by atoms with Gasteiger partial charge in [0.15, 0.2) is 0 Å². The van der Waals surface area contributed by atoms with Crippen molar-refractivity contribution in [1.29, 1.82) is 0 Å². The molecule has 0 aliphatic heterocycles. The van der Waals surface area contributed by atoms with E-state index in [-0.39, 0.29) is 5.41 Å². The van der Waals surface area contributed by atoms with Crippen molar-refractivity contribution in [3.05, 3.63) is 245 Å². The predicted molar refractivity (Wildman–Crippen MR) is 246 cm³/mol. The van der Waals surface area contributed by atoms with E-state index >= 15 is 0 Å². The second-order valence-electron chi connectivity index (χ2n) is 16.5. The molecule has 276 valence electrons. The van der Waals surface area contributed by atoms with Crippen LogP contribution in [0, 0.1) is 0 Å². The molecule has 0 bridgehead atoms. The molecule has 0 radical (unpaired) electrons. The van der Waals surface area contributed by atoms with E-state index < -0.39 is 5.41 Å². The number of fused-ring (bicyclic) bond motifs is 8. The van der Waals surface area contributed by atoms with Crippen molar-refractivity contribution in [1.82, 2.24) is 4.57 Å². The lowest BCUT2D eigenvalue weighted by molar-refractivity contribution is 0.661. The van der Waals surface area contributed by atoms with Crippen LogP contribution >= 0.6 is 0 Å². The number of benzene rings is 8. The van der Waals surface area contributed by atoms with Crippen molar-refractivity contribution >= 4 is 43.7 Å². The van der Waals surface area contributed by atoms with Gasteiger partial charge in [0.2, 0.25) is 0 Å². The van der Waals surface area contributed by atoms with Gasteiger partial charge in [0.1, 0.15) is 0 Å². The highest BCUT2D eigenvalue weighted by Gasteiger charge is 2.49. The van der Waals surface area contributed by atoms with Gasteiger partial charge >= 0.3 is 0 Å². The average molecular weight is 742 g/mol. The summed E-state index contributed by atoms with van der Waals surface area (Å²) >= 11 is 0. The second-order valence-corrected chi connectivity index (χ2v) is 16.5. The summed E-state index contributed by atoms with van der Waals surface area (Å²) < 4.78 is 2.52. The molecule has 0 saturated carbocycles. The van der Waals surface area contributed by atoms with Crippen LogP contribution in [0.3, 0.4) is 0 Å². The van der Waals surface area contributed by atoms with Crippen LogP contribution in [0.4, 0.5) is 0 Å². The van der Waals surface area contributed by atoms with Crippen molar-refractivity contribution in [3.8, 4) is 16.8 Å². The molecule has 0 atom stereocenters. The highest BCUT2D eigenvalue weighted by atomic mass is 15.0. The van der Waals surface area contributed by atoms with Crippen LogP contribution in [-0.4, -0.2) is 4.57 Å². The van der Waals surface area contributed by atoms with Crippen molar-refractivity contribution in [3.63, 3.8) is 0 Å². The fraction of sp³-hybridized carbons (Fsp3) is 0.0877. The van der Waals surface area contributed by atoms with Crippen LogP contribution in [0.25, 0.3) is 60.5 Å². The van der Waals surface area contributed by atoms with Gasteiger partial charge < -0.3 is 4.57 Å². The van der Waals surface area contributed by atoms with Crippen molar-refractivity contribution in [2.24, 2.45) is 0 Å². The van der Waals surface area contributed by atoms with E-state index in [1.54, 1.807) is 0 Å². The highest BCUT2D eigenvalue weighted by molar-refractivity contribution is 6.13. The molecule has 1 aromatic heterocycles. The van der Waals surface area contributed by atoms with E-state index in [4.69, 9.17) is 0 Å². The van der Waals surface area contributed by atoms with Crippen LogP contribution in [0.5, 0.6) is 0 Å². The molecule has 8 aromatic carbocycles. The summed E-state index contributed by atoms with van der Waals surface area (Å²) in [5.41, 5.74) is 18.3. The first-order chi connectivity index (χ1) is 28.4. The minimum Gasteiger partial charge on any atom is -0.309 e. The summed E-state index contributed by atoms with van der Waals surface area (Å²) in [4.78, 5) is 0. The molecule has 1 heteroatoms. The van der Waals surface area contributed by atoms with E-state index in [1.807, 2.05) is 6.08 Å². The van der Waals surface area contributed by atoms with Gasteiger partial charge in [0.05, 0.1) is 16.4 Å². The quantitative estimate of drug-likeness (QED) is 0.166. The van der Waals surface area contributed by atoms with Crippen molar-refractivity contribution < 1.29 is 0 Å². The Labute approximate surface area is 340 Å².